The molecule has 0 saturated carbocycles. The van der Waals surface area contributed by atoms with Gasteiger partial charge in [-0.05, 0) is 6.42 Å². The van der Waals surface area contributed by atoms with Gasteiger partial charge in [0.05, 0.1) is 0 Å². The van der Waals surface area contributed by atoms with Gasteiger partial charge in [0.15, 0.2) is 0 Å². The minimum atomic E-state index is -0.693. The van der Waals surface area contributed by atoms with Crippen LogP contribution in [0.15, 0.2) is 0 Å². The summed E-state index contributed by atoms with van der Waals surface area (Å²) in [6.45, 7) is 1.98. The molecule has 0 unspecified atom stereocenters. The normalized spacial score (nSPS) is 7.62. The van der Waals surface area contributed by atoms with E-state index in [-0.39, 0.29) is 40.4 Å². The van der Waals surface area contributed by atoms with Crippen LogP contribution in [-0.2, 0) is 4.79 Å². The Kier molecular flexibility index (Phi) is 11.3. The summed E-state index contributed by atoms with van der Waals surface area (Å²) in [6, 6.07) is 0. The third kappa shape index (κ3) is 9.93. The Balaban J connectivity index is 0. The monoisotopic (exact) mass is 254 g/mol. The van der Waals surface area contributed by atoms with Crippen molar-refractivity contribution in [1.29, 1.82) is 0 Å². The molecule has 0 aliphatic carbocycles. The Hall–Kier alpha value is 0.808. The first-order valence-corrected chi connectivity index (χ1v) is 2.49. The van der Waals surface area contributed by atoms with Crippen molar-refractivity contribution in [3.8, 4) is 0 Å². The standard InChI is InChI=1S/C5H10O2.Sm/c1-2-3-4-5(6)7;/h2-4H2,1H3,(H,6,7);. The molecule has 8 heavy (non-hydrogen) atoms. The molecule has 0 radical (unpaired) electrons. The molecule has 0 aromatic heterocycles. The molecule has 0 heterocycles. The maximum absolute atomic E-state index is 9.76. The zero-order chi connectivity index (χ0) is 5.70. The summed E-state index contributed by atoms with van der Waals surface area (Å²) >= 11 is 0. The summed E-state index contributed by atoms with van der Waals surface area (Å²) in [7, 11) is 0. The predicted molar refractivity (Wildman–Crippen MR) is 27.2 cm³/mol. The van der Waals surface area contributed by atoms with Crippen molar-refractivity contribution in [2.75, 3.05) is 0 Å². The summed E-state index contributed by atoms with van der Waals surface area (Å²) in [6.07, 6.45) is 2.08. The molecule has 1 N–H and O–H groups in total. The van der Waals surface area contributed by atoms with Crippen molar-refractivity contribution in [1.82, 2.24) is 0 Å². The minimum absolute atomic E-state index is 0. The number of aliphatic carboxylic acids is 1. The molecule has 0 saturated heterocycles. The van der Waals surface area contributed by atoms with Crippen LogP contribution in [0.25, 0.3) is 0 Å². The molecular weight excluding hydrogens is 242 g/mol. The fourth-order valence-corrected chi connectivity index (χ4v) is 0.328. The van der Waals surface area contributed by atoms with Crippen molar-refractivity contribution in [2.45, 2.75) is 26.2 Å². The van der Waals surface area contributed by atoms with Gasteiger partial charge < -0.3 is 5.11 Å². The van der Waals surface area contributed by atoms with Crippen LogP contribution < -0.4 is 0 Å². The summed E-state index contributed by atoms with van der Waals surface area (Å²) in [5.74, 6) is -0.693. The van der Waals surface area contributed by atoms with E-state index >= 15 is 0 Å². The topological polar surface area (TPSA) is 37.3 Å². The van der Waals surface area contributed by atoms with Crippen LogP contribution in [0.5, 0.6) is 0 Å². The van der Waals surface area contributed by atoms with Gasteiger partial charge >= 0.3 is 5.97 Å². The number of carboxylic acids is 1. The maximum Gasteiger partial charge on any atom is 0.303 e. The number of hydrogen-bond acceptors (Lipinski definition) is 1. The summed E-state index contributed by atoms with van der Waals surface area (Å²) in [5, 5.41) is 8.04. The second-order valence-corrected chi connectivity index (χ2v) is 1.50. The van der Waals surface area contributed by atoms with Gasteiger partial charge in [0.25, 0.3) is 0 Å². The third-order valence-electron chi connectivity index (χ3n) is 0.744. The van der Waals surface area contributed by atoms with Crippen LogP contribution in [0, 0.1) is 40.4 Å². The van der Waals surface area contributed by atoms with E-state index in [1.54, 1.807) is 0 Å². The van der Waals surface area contributed by atoms with Gasteiger partial charge in [0, 0.05) is 46.8 Å². The van der Waals surface area contributed by atoms with E-state index in [1.165, 1.54) is 0 Å². The zero-order valence-corrected chi connectivity index (χ0v) is 7.50. The van der Waals surface area contributed by atoms with E-state index in [0.29, 0.717) is 6.42 Å². The van der Waals surface area contributed by atoms with Crippen molar-refractivity contribution in [2.24, 2.45) is 0 Å². The van der Waals surface area contributed by atoms with E-state index in [1.807, 2.05) is 6.92 Å². The van der Waals surface area contributed by atoms with Crippen molar-refractivity contribution in [3.63, 3.8) is 0 Å². The van der Waals surface area contributed by atoms with Gasteiger partial charge in [0.2, 0.25) is 0 Å². The van der Waals surface area contributed by atoms with Gasteiger partial charge in [-0.1, -0.05) is 13.3 Å². The largest absolute Gasteiger partial charge is 0.481 e. The van der Waals surface area contributed by atoms with Gasteiger partial charge in [-0.15, -0.1) is 0 Å². The summed E-state index contributed by atoms with van der Waals surface area (Å²) < 4.78 is 0. The molecular formula is C5H10O2Sm. The number of unbranched alkanes of at least 4 members (excludes halogenated alkanes) is 1. The quantitative estimate of drug-likeness (QED) is 0.821. The molecule has 3 heteroatoms. The molecule has 0 aromatic carbocycles. The van der Waals surface area contributed by atoms with E-state index in [2.05, 4.69) is 0 Å². The molecule has 48 valence electrons. The van der Waals surface area contributed by atoms with Crippen LogP contribution in [0.1, 0.15) is 26.2 Å². The maximum atomic E-state index is 9.76. The first kappa shape index (κ1) is 11.6. The Morgan fingerprint density at radius 3 is 2.25 bits per heavy atom. The molecule has 0 bridgehead atoms. The molecule has 0 fully saturated rings. The van der Waals surface area contributed by atoms with Crippen molar-refractivity contribution >= 4 is 5.97 Å². The summed E-state index contributed by atoms with van der Waals surface area (Å²) in [5.41, 5.74) is 0. The number of hydrogen-bond donors (Lipinski definition) is 1. The molecule has 2 nitrogen and oxygen atoms in total. The second-order valence-electron chi connectivity index (χ2n) is 1.50. The van der Waals surface area contributed by atoms with Crippen molar-refractivity contribution < 1.29 is 50.3 Å². The molecule has 0 aromatic rings. The number of carboxylic acid groups (broad SMARTS) is 1. The van der Waals surface area contributed by atoms with E-state index < -0.39 is 5.97 Å². The van der Waals surface area contributed by atoms with Crippen LogP contribution in [0.2, 0.25) is 0 Å². The van der Waals surface area contributed by atoms with Crippen molar-refractivity contribution in [3.05, 3.63) is 0 Å². The zero-order valence-electron chi connectivity index (χ0n) is 4.89. The molecule has 0 aliphatic heterocycles. The first-order valence-electron chi connectivity index (χ1n) is 2.49. The number of carbonyl (C=O) groups is 1. The minimum Gasteiger partial charge on any atom is -0.481 e. The van der Waals surface area contributed by atoms with Crippen LogP contribution in [0.4, 0.5) is 0 Å². The Morgan fingerprint density at radius 2 is 2.12 bits per heavy atom. The Labute approximate surface area is 81.8 Å². The first-order chi connectivity index (χ1) is 3.27. The van der Waals surface area contributed by atoms with Gasteiger partial charge in [-0.25, -0.2) is 0 Å². The van der Waals surface area contributed by atoms with Crippen LogP contribution in [-0.4, -0.2) is 11.1 Å². The number of rotatable bonds is 3. The average molecular weight is 252 g/mol. The molecule has 0 aliphatic rings. The van der Waals surface area contributed by atoms with E-state index in [9.17, 15) is 4.79 Å². The fourth-order valence-electron chi connectivity index (χ4n) is 0.328. The average Bonchev–Trinajstić information content (AvgIpc) is 1.61. The molecule has 0 spiro atoms. The van der Waals surface area contributed by atoms with Gasteiger partial charge in [0.1, 0.15) is 0 Å². The van der Waals surface area contributed by atoms with Gasteiger partial charge in [-0.2, -0.15) is 0 Å². The summed E-state index contributed by atoms with van der Waals surface area (Å²) in [4.78, 5) is 9.76. The fraction of sp³-hybridized carbons (Fsp3) is 0.800. The van der Waals surface area contributed by atoms with Crippen LogP contribution in [0.3, 0.4) is 0 Å². The van der Waals surface area contributed by atoms with Crippen LogP contribution >= 0.6 is 0 Å². The second kappa shape index (κ2) is 7.81. The smallest absolute Gasteiger partial charge is 0.303 e. The Bertz CT molecular complexity index is 63.4. The SMILES string of the molecule is CCCCC(=O)O.[Sm]. The molecule has 0 rings (SSSR count). The van der Waals surface area contributed by atoms with E-state index in [4.69, 9.17) is 5.11 Å². The Morgan fingerprint density at radius 1 is 1.62 bits per heavy atom. The van der Waals surface area contributed by atoms with Gasteiger partial charge in [-0.3, -0.25) is 4.79 Å². The molecule has 0 atom stereocenters. The molecule has 0 amide bonds. The third-order valence-corrected chi connectivity index (χ3v) is 0.744. The van der Waals surface area contributed by atoms with E-state index in [0.717, 1.165) is 12.8 Å². The predicted octanol–water partition coefficient (Wildman–Crippen LogP) is 1.26.